The Hall–Kier alpha value is -3.92. The van der Waals surface area contributed by atoms with Gasteiger partial charge in [0.25, 0.3) is 11.8 Å². The third kappa shape index (κ3) is 4.40. The summed E-state index contributed by atoms with van der Waals surface area (Å²) in [5.41, 5.74) is 1.99. The van der Waals surface area contributed by atoms with E-state index in [1.807, 2.05) is 24.3 Å². The molecule has 2 amide bonds. The molecular weight excluding hydrogens is 404 g/mol. The number of amides is 2. The van der Waals surface area contributed by atoms with Crippen molar-refractivity contribution < 1.29 is 14.3 Å². The molecule has 0 saturated heterocycles. The quantitative estimate of drug-likeness (QED) is 0.574. The van der Waals surface area contributed by atoms with Crippen molar-refractivity contribution in [3.63, 3.8) is 0 Å². The van der Waals surface area contributed by atoms with Gasteiger partial charge >= 0.3 is 0 Å². The number of nitriles is 1. The zero-order chi connectivity index (χ0) is 22.5. The average Bonchev–Trinajstić information content (AvgIpc) is 3.18. The minimum absolute atomic E-state index is 0.0447. The summed E-state index contributed by atoms with van der Waals surface area (Å²) >= 11 is 0. The maximum atomic E-state index is 12.9. The molecule has 2 aromatic rings. The summed E-state index contributed by atoms with van der Waals surface area (Å²) in [4.78, 5) is 30.1. The van der Waals surface area contributed by atoms with E-state index in [0.29, 0.717) is 28.3 Å². The van der Waals surface area contributed by atoms with E-state index in [4.69, 9.17) is 4.74 Å². The number of benzene rings is 2. The second-order valence-corrected chi connectivity index (χ2v) is 7.83. The average molecular weight is 428 g/mol. The lowest BCUT2D eigenvalue weighted by molar-refractivity contribution is -0.117. The molecule has 1 fully saturated rings. The molecule has 2 N–H and O–H groups in total. The van der Waals surface area contributed by atoms with E-state index in [0.717, 1.165) is 25.7 Å². The van der Waals surface area contributed by atoms with Gasteiger partial charge in [0.05, 0.1) is 12.8 Å². The zero-order valence-corrected chi connectivity index (χ0v) is 17.9. The number of nitrogens with zero attached hydrogens (tertiary/aromatic N) is 2. The summed E-state index contributed by atoms with van der Waals surface area (Å²) in [6.45, 7) is 0. The lowest BCUT2D eigenvalue weighted by Gasteiger charge is -2.22. The van der Waals surface area contributed by atoms with Crippen molar-refractivity contribution in [1.29, 1.82) is 5.26 Å². The van der Waals surface area contributed by atoms with Crippen LogP contribution in [0.3, 0.4) is 0 Å². The van der Waals surface area contributed by atoms with Crippen molar-refractivity contribution in [2.24, 2.45) is 4.99 Å². The third-order valence-electron chi connectivity index (χ3n) is 5.76. The first kappa shape index (κ1) is 21.3. The maximum absolute atomic E-state index is 12.9. The van der Waals surface area contributed by atoms with Gasteiger partial charge in [0.1, 0.15) is 23.2 Å². The highest BCUT2D eigenvalue weighted by Gasteiger charge is 2.28. The van der Waals surface area contributed by atoms with Crippen molar-refractivity contribution in [2.75, 3.05) is 7.11 Å². The number of fused-ring (bicyclic) bond motifs is 1. The smallest absolute Gasteiger partial charge is 0.264 e. The van der Waals surface area contributed by atoms with Crippen LogP contribution >= 0.6 is 0 Å². The molecule has 0 spiro atoms. The molecule has 1 heterocycles. The predicted octanol–water partition coefficient (Wildman–Crippen LogP) is 3.57. The summed E-state index contributed by atoms with van der Waals surface area (Å²) in [6, 6.07) is 16.1. The Kier molecular flexibility index (Phi) is 6.31. The van der Waals surface area contributed by atoms with E-state index < -0.39 is 5.91 Å². The van der Waals surface area contributed by atoms with Gasteiger partial charge in [-0.2, -0.15) is 5.26 Å². The van der Waals surface area contributed by atoms with E-state index in [9.17, 15) is 14.9 Å². The molecule has 0 aromatic heterocycles. The number of carbonyl (C=O) groups excluding carboxylic acids is 2. The van der Waals surface area contributed by atoms with Crippen LogP contribution in [0.4, 0.5) is 0 Å². The van der Waals surface area contributed by atoms with Gasteiger partial charge < -0.3 is 15.4 Å². The Balaban J connectivity index is 1.62. The Morgan fingerprint density at radius 3 is 2.38 bits per heavy atom. The van der Waals surface area contributed by atoms with Gasteiger partial charge in [0, 0.05) is 22.7 Å². The van der Waals surface area contributed by atoms with Crippen LogP contribution < -0.4 is 15.4 Å². The highest BCUT2D eigenvalue weighted by atomic mass is 16.5. The molecule has 0 atom stereocenters. The van der Waals surface area contributed by atoms with Gasteiger partial charge in [-0.25, -0.2) is 4.99 Å². The number of aliphatic imine (C=N–C) groups is 1. The minimum Gasteiger partial charge on any atom is -0.497 e. The number of hydrogen-bond donors (Lipinski definition) is 2. The summed E-state index contributed by atoms with van der Waals surface area (Å²) in [5, 5.41) is 15.6. The van der Waals surface area contributed by atoms with E-state index in [1.165, 1.54) is 6.42 Å². The highest BCUT2D eigenvalue weighted by Crippen LogP contribution is 2.31. The number of hydrogen-bond acceptors (Lipinski definition) is 5. The monoisotopic (exact) mass is 428 g/mol. The van der Waals surface area contributed by atoms with E-state index in [-0.39, 0.29) is 23.2 Å². The van der Waals surface area contributed by atoms with E-state index >= 15 is 0 Å². The highest BCUT2D eigenvalue weighted by molar-refractivity contribution is 6.20. The molecule has 0 unspecified atom stereocenters. The molecule has 162 valence electrons. The molecule has 7 heteroatoms. The number of rotatable bonds is 4. The lowest BCUT2D eigenvalue weighted by Crippen LogP contribution is -2.37. The topological polar surface area (TPSA) is 104 Å². The van der Waals surface area contributed by atoms with Crippen molar-refractivity contribution in [1.82, 2.24) is 10.6 Å². The summed E-state index contributed by atoms with van der Waals surface area (Å²) in [5.74, 6) is 0.205. The van der Waals surface area contributed by atoms with Crippen LogP contribution in [0.2, 0.25) is 0 Å². The molecular formula is C25H24N4O3. The van der Waals surface area contributed by atoms with E-state index in [2.05, 4.69) is 15.6 Å². The zero-order valence-electron chi connectivity index (χ0n) is 17.9. The normalized spacial score (nSPS) is 16.9. The van der Waals surface area contributed by atoms with Crippen molar-refractivity contribution >= 4 is 23.3 Å². The maximum Gasteiger partial charge on any atom is 0.264 e. The molecule has 1 saturated carbocycles. The van der Waals surface area contributed by atoms with Crippen molar-refractivity contribution in [3.8, 4) is 11.8 Å². The van der Waals surface area contributed by atoms with Crippen LogP contribution in [0.15, 0.2) is 59.1 Å². The van der Waals surface area contributed by atoms with Gasteiger partial charge in [0.2, 0.25) is 0 Å². The van der Waals surface area contributed by atoms with Gasteiger partial charge in [-0.05, 0) is 37.1 Å². The molecule has 0 radical (unpaired) electrons. The third-order valence-corrected chi connectivity index (χ3v) is 5.76. The van der Waals surface area contributed by atoms with Crippen LogP contribution in [-0.2, 0) is 4.79 Å². The number of amidine groups is 1. The van der Waals surface area contributed by atoms with Crippen LogP contribution in [0, 0.1) is 11.3 Å². The molecule has 2 aliphatic rings. The van der Waals surface area contributed by atoms with Gasteiger partial charge in [0.15, 0.2) is 0 Å². The Morgan fingerprint density at radius 2 is 1.72 bits per heavy atom. The number of carbonyl (C=O) groups is 2. The van der Waals surface area contributed by atoms with Gasteiger partial charge in [-0.3, -0.25) is 9.59 Å². The fraction of sp³-hybridized carbons (Fsp3) is 0.280. The molecule has 1 aliphatic heterocycles. The van der Waals surface area contributed by atoms with E-state index in [1.54, 1.807) is 37.4 Å². The van der Waals surface area contributed by atoms with Crippen LogP contribution in [-0.4, -0.2) is 30.8 Å². The summed E-state index contributed by atoms with van der Waals surface area (Å²) in [7, 11) is 1.56. The first-order chi connectivity index (χ1) is 15.6. The first-order valence-electron chi connectivity index (χ1n) is 10.7. The predicted molar refractivity (Wildman–Crippen MR) is 121 cm³/mol. The van der Waals surface area contributed by atoms with Crippen LogP contribution in [0.25, 0.3) is 5.70 Å². The van der Waals surface area contributed by atoms with Crippen LogP contribution in [0.5, 0.6) is 5.75 Å². The molecule has 32 heavy (non-hydrogen) atoms. The van der Waals surface area contributed by atoms with Gasteiger partial charge in [-0.1, -0.05) is 43.5 Å². The largest absolute Gasteiger partial charge is 0.497 e. The minimum atomic E-state index is -0.421. The Morgan fingerprint density at radius 1 is 1.03 bits per heavy atom. The van der Waals surface area contributed by atoms with Gasteiger partial charge in [-0.15, -0.1) is 0 Å². The molecule has 2 aromatic carbocycles. The fourth-order valence-corrected chi connectivity index (χ4v) is 4.05. The second-order valence-electron chi connectivity index (χ2n) is 7.83. The lowest BCUT2D eigenvalue weighted by atomic mass is 9.95. The summed E-state index contributed by atoms with van der Waals surface area (Å²) < 4.78 is 5.13. The molecule has 1 aliphatic carbocycles. The number of nitrogens with one attached hydrogen (secondary N) is 2. The Labute approximate surface area is 186 Å². The molecule has 0 bridgehead atoms. The second kappa shape index (κ2) is 9.48. The molecule has 7 nitrogen and oxygen atoms in total. The fourth-order valence-electron chi connectivity index (χ4n) is 4.05. The summed E-state index contributed by atoms with van der Waals surface area (Å²) in [6.07, 6.45) is 5.16. The Bertz CT molecular complexity index is 1140. The molecule has 4 rings (SSSR count). The standard InChI is InChI=1S/C25H24N4O3/c1-32-18-13-11-16(12-14-18)24(30)29-23-20-10-6-5-9-19(20)22(28-23)21(15-26)25(31)27-17-7-3-2-4-8-17/h5-6,9-14,17H,2-4,7-8H2,1H3,(H,27,31)(H,28,29,30). The SMILES string of the molecule is COc1ccc(C(=O)NC2=NC(=C(C#N)C(=O)NC3CCCCC3)c3ccccc32)cc1. The number of ether oxygens (including phenoxy) is 1. The number of methoxy groups -OCH3 is 1. The van der Waals surface area contributed by atoms with Crippen LogP contribution in [0.1, 0.15) is 53.6 Å². The van der Waals surface area contributed by atoms with Crippen molar-refractivity contribution in [2.45, 2.75) is 38.1 Å². The first-order valence-corrected chi connectivity index (χ1v) is 10.7. The van der Waals surface area contributed by atoms with Crippen molar-refractivity contribution in [3.05, 3.63) is 70.8 Å².